The number of likely N-dealkylation sites (N-methyl/N-ethyl adjacent to an activating group) is 1. The van der Waals surface area contributed by atoms with Crippen LogP contribution in [0, 0.1) is 5.92 Å². The standard InChI is InChI=1S/C10H17N3/c1-8(2)9(7-11-3)10-12-5-4-6-13-10/h4-6,8-9,11H,7H2,1-3H3. The van der Waals surface area contributed by atoms with E-state index in [0.717, 1.165) is 12.4 Å². The molecule has 1 aromatic heterocycles. The molecule has 0 saturated heterocycles. The van der Waals surface area contributed by atoms with Crippen LogP contribution in [0.4, 0.5) is 0 Å². The summed E-state index contributed by atoms with van der Waals surface area (Å²) in [5.74, 6) is 1.91. The van der Waals surface area contributed by atoms with Crippen molar-refractivity contribution in [3.05, 3.63) is 24.3 Å². The van der Waals surface area contributed by atoms with Gasteiger partial charge in [0.15, 0.2) is 0 Å². The topological polar surface area (TPSA) is 37.8 Å². The van der Waals surface area contributed by atoms with Crippen molar-refractivity contribution in [1.82, 2.24) is 15.3 Å². The van der Waals surface area contributed by atoms with Gasteiger partial charge in [-0.25, -0.2) is 9.97 Å². The lowest BCUT2D eigenvalue weighted by Gasteiger charge is -2.18. The van der Waals surface area contributed by atoms with Crippen LogP contribution in [0.15, 0.2) is 18.5 Å². The Bertz CT molecular complexity index is 233. The van der Waals surface area contributed by atoms with E-state index in [0.29, 0.717) is 11.8 Å². The Morgan fingerprint density at radius 1 is 1.31 bits per heavy atom. The molecule has 1 atom stereocenters. The van der Waals surface area contributed by atoms with Crippen LogP contribution < -0.4 is 5.32 Å². The molecule has 1 unspecified atom stereocenters. The van der Waals surface area contributed by atoms with Crippen LogP contribution in [0.2, 0.25) is 0 Å². The maximum atomic E-state index is 4.27. The summed E-state index contributed by atoms with van der Waals surface area (Å²) in [5.41, 5.74) is 0. The van der Waals surface area contributed by atoms with Gasteiger partial charge in [-0.05, 0) is 19.0 Å². The minimum absolute atomic E-state index is 0.409. The van der Waals surface area contributed by atoms with Crippen LogP contribution in [0.1, 0.15) is 25.6 Å². The van der Waals surface area contributed by atoms with Gasteiger partial charge >= 0.3 is 0 Å². The van der Waals surface area contributed by atoms with E-state index >= 15 is 0 Å². The number of aromatic nitrogens is 2. The summed E-state index contributed by atoms with van der Waals surface area (Å²) in [6.45, 7) is 5.32. The van der Waals surface area contributed by atoms with Crippen molar-refractivity contribution in [2.45, 2.75) is 19.8 Å². The number of nitrogens with zero attached hydrogens (tertiary/aromatic N) is 2. The first-order valence-electron chi connectivity index (χ1n) is 4.67. The van der Waals surface area contributed by atoms with Crippen LogP contribution in [0.5, 0.6) is 0 Å². The number of rotatable bonds is 4. The summed E-state index contributed by atoms with van der Waals surface area (Å²) in [4.78, 5) is 8.54. The second-order valence-electron chi connectivity index (χ2n) is 3.52. The SMILES string of the molecule is CNCC(c1ncccn1)C(C)C. The third kappa shape index (κ3) is 2.77. The van der Waals surface area contributed by atoms with Crippen molar-refractivity contribution in [3.63, 3.8) is 0 Å². The average Bonchev–Trinajstić information content (AvgIpc) is 2.15. The highest BCUT2D eigenvalue weighted by molar-refractivity contribution is 4.99. The molecule has 0 radical (unpaired) electrons. The molecule has 1 rings (SSSR count). The fourth-order valence-electron chi connectivity index (χ4n) is 1.35. The summed E-state index contributed by atoms with van der Waals surface area (Å²) in [5, 5.41) is 3.17. The first kappa shape index (κ1) is 10.1. The van der Waals surface area contributed by atoms with Gasteiger partial charge in [-0.1, -0.05) is 13.8 Å². The van der Waals surface area contributed by atoms with E-state index in [2.05, 4.69) is 29.1 Å². The van der Waals surface area contributed by atoms with E-state index < -0.39 is 0 Å². The van der Waals surface area contributed by atoms with E-state index in [1.54, 1.807) is 12.4 Å². The van der Waals surface area contributed by atoms with Crippen molar-refractivity contribution in [2.75, 3.05) is 13.6 Å². The summed E-state index contributed by atoms with van der Waals surface area (Å²) in [6, 6.07) is 1.85. The number of hydrogen-bond acceptors (Lipinski definition) is 3. The van der Waals surface area contributed by atoms with Gasteiger partial charge in [0.1, 0.15) is 5.82 Å². The molecule has 0 amide bonds. The summed E-state index contributed by atoms with van der Waals surface area (Å²) < 4.78 is 0. The molecule has 3 nitrogen and oxygen atoms in total. The molecular formula is C10H17N3. The van der Waals surface area contributed by atoms with Crippen LogP contribution >= 0.6 is 0 Å². The predicted molar refractivity (Wildman–Crippen MR) is 53.5 cm³/mol. The third-order valence-corrected chi connectivity index (χ3v) is 2.15. The van der Waals surface area contributed by atoms with Crippen molar-refractivity contribution < 1.29 is 0 Å². The Morgan fingerprint density at radius 2 is 1.92 bits per heavy atom. The molecule has 0 spiro atoms. The maximum Gasteiger partial charge on any atom is 0.132 e. The lowest BCUT2D eigenvalue weighted by atomic mass is 9.95. The molecule has 0 aromatic carbocycles. The van der Waals surface area contributed by atoms with Gasteiger partial charge in [-0.3, -0.25) is 0 Å². The first-order valence-corrected chi connectivity index (χ1v) is 4.67. The van der Waals surface area contributed by atoms with Crippen LogP contribution in [-0.4, -0.2) is 23.6 Å². The lowest BCUT2D eigenvalue weighted by Crippen LogP contribution is -2.23. The largest absolute Gasteiger partial charge is 0.319 e. The Hall–Kier alpha value is -0.960. The smallest absolute Gasteiger partial charge is 0.132 e. The Kier molecular flexibility index (Phi) is 3.83. The Balaban J connectivity index is 2.76. The molecule has 1 N–H and O–H groups in total. The number of hydrogen-bond donors (Lipinski definition) is 1. The van der Waals surface area contributed by atoms with Crippen molar-refractivity contribution in [2.24, 2.45) is 5.92 Å². The van der Waals surface area contributed by atoms with Gasteiger partial charge in [-0.2, -0.15) is 0 Å². The molecule has 3 heteroatoms. The van der Waals surface area contributed by atoms with Crippen LogP contribution in [0.3, 0.4) is 0 Å². The van der Waals surface area contributed by atoms with Gasteiger partial charge in [-0.15, -0.1) is 0 Å². The normalized spacial score (nSPS) is 13.2. The van der Waals surface area contributed by atoms with Crippen molar-refractivity contribution >= 4 is 0 Å². The minimum atomic E-state index is 0.409. The molecule has 0 saturated carbocycles. The predicted octanol–water partition coefficient (Wildman–Crippen LogP) is 1.44. The van der Waals surface area contributed by atoms with E-state index in [1.165, 1.54) is 0 Å². The Labute approximate surface area is 79.6 Å². The molecule has 72 valence electrons. The second-order valence-corrected chi connectivity index (χ2v) is 3.52. The zero-order valence-electron chi connectivity index (χ0n) is 8.49. The molecule has 0 aliphatic rings. The van der Waals surface area contributed by atoms with Gasteiger partial charge in [0.05, 0.1) is 0 Å². The highest BCUT2D eigenvalue weighted by Gasteiger charge is 2.16. The lowest BCUT2D eigenvalue weighted by molar-refractivity contribution is 0.457. The van der Waals surface area contributed by atoms with Gasteiger partial charge < -0.3 is 5.32 Å². The van der Waals surface area contributed by atoms with Crippen LogP contribution in [-0.2, 0) is 0 Å². The maximum absolute atomic E-state index is 4.27. The van der Waals surface area contributed by atoms with Gasteiger partial charge in [0.2, 0.25) is 0 Å². The molecular weight excluding hydrogens is 162 g/mol. The molecule has 1 heterocycles. The quantitative estimate of drug-likeness (QED) is 0.760. The monoisotopic (exact) mass is 179 g/mol. The van der Waals surface area contributed by atoms with Crippen molar-refractivity contribution in [3.8, 4) is 0 Å². The summed E-state index contributed by atoms with van der Waals surface area (Å²) in [6.07, 6.45) is 3.60. The zero-order valence-corrected chi connectivity index (χ0v) is 8.49. The highest BCUT2D eigenvalue weighted by atomic mass is 14.9. The first-order chi connectivity index (χ1) is 6.25. The fourth-order valence-corrected chi connectivity index (χ4v) is 1.35. The molecule has 0 aliphatic heterocycles. The molecule has 13 heavy (non-hydrogen) atoms. The van der Waals surface area contributed by atoms with E-state index in [9.17, 15) is 0 Å². The Morgan fingerprint density at radius 3 is 2.38 bits per heavy atom. The second kappa shape index (κ2) is 4.92. The van der Waals surface area contributed by atoms with Gasteiger partial charge in [0, 0.05) is 24.9 Å². The average molecular weight is 179 g/mol. The van der Waals surface area contributed by atoms with Crippen molar-refractivity contribution in [1.29, 1.82) is 0 Å². The summed E-state index contributed by atoms with van der Waals surface area (Å²) >= 11 is 0. The van der Waals surface area contributed by atoms with Crippen LogP contribution in [0.25, 0.3) is 0 Å². The molecule has 0 aliphatic carbocycles. The summed E-state index contributed by atoms with van der Waals surface area (Å²) in [7, 11) is 1.96. The third-order valence-electron chi connectivity index (χ3n) is 2.15. The molecule has 0 bridgehead atoms. The molecule has 0 fully saturated rings. The molecule has 1 aromatic rings. The highest BCUT2D eigenvalue weighted by Crippen LogP contribution is 2.19. The van der Waals surface area contributed by atoms with E-state index in [1.807, 2.05) is 13.1 Å². The number of nitrogens with one attached hydrogen (secondary N) is 1. The zero-order chi connectivity index (χ0) is 9.68. The van der Waals surface area contributed by atoms with E-state index in [4.69, 9.17) is 0 Å². The van der Waals surface area contributed by atoms with E-state index in [-0.39, 0.29) is 0 Å². The fraction of sp³-hybridized carbons (Fsp3) is 0.600. The minimum Gasteiger partial charge on any atom is -0.319 e. The van der Waals surface area contributed by atoms with Gasteiger partial charge in [0.25, 0.3) is 0 Å².